The summed E-state index contributed by atoms with van der Waals surface area (Å²) in [5, 5.41) is 0. The van der Waals surface area contributed by atoms with Gasteiger partial charge in [-0.2, -0.15) is 0 Å². The molecule has 0 aliphatic heterocycles. The largest absolute Gasteiger partial charge is 0.240 e. The van der Waals surface area contributed by atoms with Gasteiger partial charge >= 0.3 is 0 Å². The number of aromatic nitrogens is 2. The van der Waals surface area contributed by atoms with Crippen LogP contribution < -0.4 is 0 Å². The maximum atomic E-state index is 5.09. The highest BCUT2D eigenvalue weighted by molar-refractivity contribution is 9.10. The average molecular weight is 211 g/mol. The molecule has 1 aromatic heterocycles. The first-order valence-corrected chi connectivity index (χ1v) is 4.02. The van der Waals surface area contributed by atoms with E-state index in [2.05, 4.69) is 31.8 Å². The van der Waals surface area contributed by atoms with Gasteiger partial charge in [0.05, 0.1) is 4.47 Å². The molecule has 0 saturated heterocycles. The Morgan fingerprint density at radius 2 is 2.09 bits per heavy atom. The summed E-state index contributed by atoms with van der Waals surface area (Å²) in [4.78, 5) is 8.12. The highest BCUT2D eigenvalue weighted by Gasteiger charge is 1.93. The van der Waals surface area contributed by atoms with Crippen molar-refractivity contribution in [2.75, 3.05) is 0 Å². The van der Waals surface area contributed by atoms with Crippen molar-refractivity contribution in [2.45, 2.75) is 12.8 Å². The summed E-state index contributed by atoms with van der Waals surface area (Å²) in [6.07, 6.45) is 9.98. The van der Waals surface area contributed by atoms with Crippen molar-refractivity contribution in [2.24, 2.45) is 0 Å². The Kier molecular flexibility index (Phi) is 3.06. The van der Waals surface area contributed by atoms with E-state index in [-0.39, 0.29) is 0 Å². The standard InChI is InChI=1S/C8H7BrN2/c1-2-3-4-8-10-5-7(9)6-11-8/h1,5-6H,3-4H2. The van der Waals surface area contributed by atoms with E-state index in [1.165, 1.54) is 0 Å². The third kappa shape index (κ3) is 2.69. The Hall–Kier alpha value is -0.880. The molecule has 56 valence electrons. The number of halogens is 1. The molecule has 1 rings (SSSR count). The van der Waals surface area contributed by atoms with E-state index in [0.29, 0.717) is 6.42 Å². The Bertz CT molecular complexity index is 260. The van der Waals surface area contributed by atoms with Crippen molar-refractivity contribution in [3.05, 3.63) is 22.7 Å². The van der Waals surface area contributed by atoms with Crippen LogP contribution in [-0.2, 0) is 6.42 Å². The van der Waals surface area contributed by atoms with Crippen molar-refractivity contribution in [3.8, 4) is 12.3 Å². The van der Waals surface area contributed by atoms with E-state index in [0.717, 1.165) is 16.7 Å². The zero-order valence-corrected chi connectivity index (χ0v) is 7.50. The average Bonchev–Trinajstić information content (AvgIpc) is 2.04. The lowest BCUT2D eigenvalue weighted by Gasteiger charge is -1.94. The summed E-state index contributed by atoms with van der Waals surface area (Å²) in [5.74, 6) is 3.34. The van der Waals surface area contributed by atoms with Crippen LogP contribution in [0.25, 0.3) is 0 Å². The molecule has 0 bridgehead atoms. The quantitative estimate of drug-likeness (QED) is 0.697. The van der Waals surface area contributed by atoms with Gasteiger partial charge in [0, 0.05) is 25.2 Å². The zero-order valence-electron chi connectivity index (χ0n) is 5.92. The van der Waals surface area contributed by atoms with Crippen LogP contribution >= 0.6 is 15.9 Å². The SMILES string of the molecule is C#CCCc1ncc(Br)cn1. The zero-order chi connectivity index (χ0) is 8.10. The van der Waals surface area contributed by atoms with E-state index in [1.807, 2.05) is 0 Å². The number of aryl methyl sites for hydroxylation is 1. The first-order chi connectivity index (χ1) is 5.33. The van der Waals surface area contributed by atoms with Gasteiger partial charge in [0.15, 0.2) is 0 Å². The summed E-state index contributed by atoms with van der Waals surface area (Å²) < 4.78 is 0.891. The predicted molar refractivity (Wildman–Crippen MR) is 46.9 cm³/mol. The van der Waals surface area contributed by atoms with Gasteiger partial charge < -0.3 is 0 Å². The van der Waals surface area contributed by atoms with E-state index in [1.54, 1.807) is 12.4 Å². The molecular weight excluding hydrogens is 204 g/mol. The van der Waals surface area contributed by atoms with E-state index >= 15 is 0 Å². The van der Waals surface area contributed by atoms with Gasteiger partial charge in [-0.05, 0) is 15.9 Å². The molecule has 0 aromatic carbocycles. The maximum Gasteiger partial charge on any atom is 0.129 e. The highest BCUT2D eigenvalue weighted by Crippen LogP contribution is 2.04. The van der Waals surface area contributed by atoms with Crippen LogP contribution in [-0.4, -0.2) is 9.97 Å². The monoisotopic (exact) mass is 210 g/mol. The summed E-state index contributed by atoms with van der Waals surface area (Å²) in [6.45, 7) is 0. The van der Waals surface area contributed by atoms with Crippen molar-refractivity contribution < 1.29 is 0 Å². The van der Waals surface area contributed by atoms with Crippen LogP contribution in [0.1, 0.15) is 12.2 Å². The fourth-order valence-electron chi connectivity index (χ4n) is 0.652. The number of nitrogens with zero attached hydrogens (tertiary/aromatic N) is 2. The maximum absolute atomic E-state index is 5.09. The molecule has 0 fully saturated rings. The molecular formula is C8H7BrN2. The van der Waals surface area contributed by atoms with Crippen LogP contribution in [0.4, 0.5) is 0 Å². The minimum absolute atomic E-state index is 0.696. The minimum Gasteiger partial charge on any atom is -0.240 e. The van der Waals surface area contributed by atoms with Gasteiger partial charge in [0.1, 0.15) is 5.82 Å². The summed E-state index contributed by atoms with van der Waals surface area (Å²) in [5.41, 5.74) is 0. The number of hydrogen-bond donors (Lipinski definition) is 0. The third-order valence-electron chi connectivity index (χ3n) is 1.17. The normalized spacial score (nSPS) is 9.09. The lowest BCUT2D eigenvalue weighted by atomic mass is 10.3. The fraction of sp³-hybridized carbons (Fsp3) is 0.250. The molecule has 0 unspecified atom stereocenters. The van der Waals surface area contributed by atoms with E-state index in [4.69, 9.17) is 6.42 Å². The predicted octanol–water partition coefficient (Wildman–Crippen LogP) is 1.80. The second kappa shape index (κ2) is 4.09. The molecule has 0 N–H and O–H groups in total. The second-order valence-corrected chi connectivity index (χ2v) is 2.94. The summed E-state index contributed by atoms with van der Waals surface area (Å²) >= 11 is 3.25. The van der Waals surface area contributed by atoms with Crippen molar-refractivity contribution >= 4 is 15.9 Å². The molecule has 0 saturated carbocycles. The number of rotatable bonds is 2. The number of hydrogen-bond acceptors (Lipinski definition) is 2. The van der Waals surface area contributed by atoms with Crippen LogP contribution in [0.5, 0.6) is 0 Å². The first-order valence-electron chi connectivity index (χ1n) is 3.23. The number of terminal acetylenes is 1. The summed E-state index contributed by atoms with van der Waals surface area (Å²) in [6, 6.07) is 0. The Morgan fingerprint density at radius 1 is 1.45 bits per heavy atom. The van der Waals surface area contributed by atoms with Crippen LogP contribution in [0.2, 0.25) is 0 Å². The van der Waals surface area contributed by atoms with Crippen molar-refractivity contribution in [3.63, 3.8) is 0 Å². The molecule has 0 amide bonds. The van der Waals surface area contributed by atoms with E-state index in [9.17, 15) is 0 Å². The lowest BCUT2D eigenvalue weighted by molar-refractivity contribution is 0.887. The van der Waals surface area contributed by atoms with Gasteiger partial charge in [-0.1, -0.05) is 0 Å². The topological polar surface area (TPSA) is 25.8 Å². The van der Waals surface area contributed by atoms with Crippen molar-refractivity contribution in [1.82, 2.24) is 9.97 Å². The molecule has 0 spiro atoms. The van der Waals surface area contributed by atoms with Crippen LogP contribution in [0, 0.1) is 12.3 Å². The molecule has 2 nitrogen and oxygen atoms in total. The van der Waals surface area contributed by atoms with Crippen LogP contribution in [0.15, 0.2) is 16.9 Å². The molecule has 0 aliphatic rings. The van der Waals surface area contributed by atoms with Gasteiger partial charge in [0.25, 0.3) is 0 Å². The van der Waals surface area contributed by atoms with Crippen molar-refractivity contribution in [1.29, 1.82) is 0 Å². The lowest BCUT2D eigenvalue weighted by Crippen LogP contribution is -1.92. The second-order valence-electron chi connectivity index (χ2n) is 2.02. The molecule has 0 atom stereocenters. The first kappa shape index (κ1) is 8.22. The molecule has 11 heavy (non-hydrogen) atoms. The van der Waals surface area contributed by atoms with Crippen LogP contribution in [0.3, 0.4) is 0 Å². The minimum atomic E-state index is 0.696. The molecule has 1 heterocycles. The molecule has 3 heteroatoms. The highest BCUT2D eigenvalue weighted by atomic mass is 79.9. The fourth-order valence-corrected chi connectivity index (χ4v) is 0.857. The smallest absolute Gasteiger partial charge is 0.129 e. The Labute approximate surface area is 74.2 Å². The molecule has 1 aromatic rings. The Morgan fingerprint density at radius 3 is 2.64 bits per heavy atom. The molecule has 0 aliphatic carbocycles. The molecule has 0 radical (unpaired) electrons. The third-order valence-corrected chi connectivity index (χ3v) is 1.58. The Balaban J connectivity index is 2.60. The summed E-state index contributed by atoms with van der Waals surface area (Å²) in [7, 11) is 0. The van der Waals surface area contributed by atoms with Gasteiger partial charge in [-0.15, -0.1) is 12.3 Å². The van der Waals surface area contributed by atoms with Gasteiger partial charge in [-0.25, -0.2) is 9.97 Å². The van der Waals surface area contributed by atoms with E-state index < -0.39 is 0 Å². The van der Waals surface area contributed by atoms with Gasteiger partial charge in [-0.3, -0.25) is 0 Å². The van der Waals surface area contributed by atoms with Gasteiger partial charge in [0.2, 0.25) is 0 Å².